The lowest BCUT2D eigenvalue weighted by molar-refractivity contribution is 0.132. The highest BCUT2D eigenvalue weighted by molar-refractivity contribution is 5.70. The van der Waals surface area contributed by atoms with Gasteiger partial charge < -0.3 is 4.74 Å². The average Bonchev–Trinajstić information content (AvgIpc) is 3.04. The van der Waals surface area contributed by atoms with Crippen LogP contribution in [0.15, 0.2) is 84.9 Å². The Kier molecular flexibility index (Phi) is 4.21. The van der Waals surface area contributed by atoms with Gasteiger partial charge in [-0.05, 0) is 22.3 Å². The maximum absolute atomic E-state index is 12.2. The van der Waals surface area contributed by atoms with Gasteiger partial charge in [-0.1, -0.05) is 84.9 Å². The summed E-state index contributed by atoms with van der Waals surface area (Å²) in [6.45, 7) is 1.15. The molecule has 0 aliphatic carbocycles. The van der Waals surface area contributed by atoms with E-state index in [-0.39, 0.29) is 12.2 Å². The highest BCUT2D eigenvalue weighted by Gasteiger charge is 2.32. The summed E-state index contributed by atoms with van der Waals surface area (Å²) in [5.74, 6) is 0. The maximum atomic E-state index is 12.2. The number of cyclic esters (lactones) is 1. The lowest BCUT2D eigenvalue weighted by Gasteiger charge is -2.13. The molecule has 25 heavy (non-hydrogen) atoms. The fraction of sp³-hybridized carbons (Fsp3) is 0.136. The van der Waals surface area contributed by atoms with Crippen molar-refractivity contribution in [2.24, 2.45) is 0 Å². The molecule has 1 saturated heterocycles. The summed E-state index contributed by atoms with van der Waals surface area (Å²) in [5.41, 5.74) is 4.51. The second-order valence-corrected chi connectivity index (χ2v) is 6.23. The molecule has 0 N–H and O–H groups in total. The van der Waals surface area contributed by atoms with Gasteiger partial charge in [0.2, 0.25) is 0 Å². The standard InChI is InChI=1S/C22H19NO2/c24-22-23(16-21(25-22)20-9-5-2-6-10-20)15-17-11-13-19(14-12-17)18-7-3-1-4-8-18/h1-14,21H,15-16H2. The van der Waals surface area contributed by atoms with Gasteiger partial charge in [-0.3, -0.25) is 4.90 Å². The first-order valence-corrected chi connectivity index (χ1v) is 8.44. The molecule has 1 unspecified atom stereocenters. The van der Waals surface area contributed by atoms with Crippen molar-refractivity contribution in [3.63, 3.8) is 0 Å². The number of hydrogen-bond acceptors (Lipinski definition) is 2. The van der Waals surface area contributed by atoms with E-state index in [4.69, 9.17) is 4.74 Å². The third-order valence-electron chi connectivity index (χ3n) is 4.49. The number of rotatable bonds is 4. The Morgan fingerprint density at radius 1 is 0.800 bits per heavy atom. The Labute approximate surface area is 147 Å². The van der Waals surface area contributed by atoms with Gasteiger partial charge in [0.1, 0.15) is 6.10 Å². The molecular formula is C22H19NO2. The van der Waals surface area contributed by atoms with Gasteiger partial charge in [-0.2, -0.15) is 0 Å². The molecule has 0 bridgehead atoms. The molecule has 0 radical (unpaired) electrons. The van der Waals surface area contributed by atoms with Crippen molar-refractivity contribution in [2.75, 3.05) is 6.54 Å². The van der Waals surface area contributed by atoms with Gasteiger partial charge in [0.25, 0.3) is 0 Å². The predicted molar refractivity (Wildman–Crippen MR) is 98.0 cm³/mol. The van der Waals surface area contributed by atoms with E-state index in [1.807, 2.05) is 48.5 Å². The number of ether oxygens (including phenoxy) is 1. The molecule has 124 valence electrons. The van der Waals surface area contributed by atoms with Gasteiger partial charge >= 0.3 is 6.09 Å². The number of nitrogens with zero attached hydrogens (tertiary/aromatic N) is 1. The van der Waals surface area contributed by atoms with Gasteiger partial charge in [-0.25, -0.2) is 4.79 Å². The molecule has 1 atom stereocenters. The molecule has 3 aromatic carbocycles. The summed E-state index contributed by atoms with van der Waals surface area (Å²) in [6.07, 6.45) is -0.432. The molecule has 0 spiro atoms. The fourth-order valence-electron chi connectivity index (χ4n) is 3.13. The normalized spacial score (nSPS) is 16.7. The van der Waals surface area contributed by atoms with Crippen molar-refractivity contribution in [3.05, 3.63) is 96.1 Å². The lowest BCUT2D eigenvalue weighted by Crippen LogP contribution is -2.23. The van der Waals surface area contributed by atoms with E-state index in [9.17, 15) is 4.79 Å². The predicted octanol–water partition coefficient (Wildman–Crippen LogP) is 5.05. The van der Waals surface area contributed by atoms with E-state index in [0.717, 1.165) is 11.1 Å². The monoisotopic (exact) mass is 329 g/mol. The first kappa shape index (κ1) is 15.5. The van der Waals surface area contributed by atoms with Crippen LogP contribution >= 0.6 is 0 Å². The van der Waals surface area contributed by atoms with Crippen LogP contribution in [-0.2, 0) is 11.3 Å². The fourth-order valence-corrected chi connectivity index (χ4v) is 3.13. The maximum Gasteiger partial charge on any atom is 0.410 e. The summed E-state index contributed by atoms with van der Waals surface area (Å²) in [5, 5.41) is 0. The summed E-state index contributed by atoms with van der Waals surface area (Å²) in [6, 6.07) is 28.5. The molecule has 1 amide bonds. The van der Waals surface area contributed by atoms with Crippen molar-refractivity contribution < 1.29 is 9.53 Å². The second kappa shape index (κ2) is 6.81. The van der Waals surface area contributed by atoms with E-state index in [2.05, 4.69) is 36.4 Å². The average molecular weight is 329 g/mol. The first-order chi connectivity index (χ1) is 12.3. The van der Waals surface area contributed by atoms with Crippen LogP contribution in [0, 0.1) is 0 Å². The molecular weight excluding hydrogens is 310 g/mol. The zero-order valence-corrected chi connectivity index (χ0v) is 13.8. The van der Waals surface area contributed by atoms with Crippen LogP contribution in [0.5, 0.6) is 0 Å². The molecule has 4 rings (SSSR count). The van der Waals surface area contributed by atoms with Crippen LogP contribution in [0.4, 0.5) is 4.79 Å². The highest BCUT2D eigenvalue weighted by Crippen LogP contribution is 2.27. The van der Waals surface area contributed by atoms with E-state index in [1.165, 1.54) is 11.1 Å². The topological polar surface area (TPSA) is 29.5 Å². The smallest absolute Gasteiger partial charge is 0.410 e. The number of hydrogen-bond donors (Lipinski definition) is 0. The summed E-state index contributed by atoms with van der Waals surface area (Å²) in [4.78, 5) is 13.9. The Morgan fingerprint density at radius 2 is 1.40 bits per heavy atom. The minimum absolute atomic E-state index is 0.183. The van der Waals surface area contributed by atoms with E-state index >= 15 is 0 Å². The Balaban J connectivity index is 1.45. The zero-order chi connectivity index (χ0) is 17.1. The van der Waals surface area contributed by atoms with Crippen molar-refractivity contribution in [2.45, 2.75) is 12.6 Å². The molecule has 0 saturated carbocycles. The second-order valence-electron chi connectivity index (χ2n) is 6.23. The largest absolute Gasteiger partial charge is 0.439 e. The number of carbonyl (C=O) groups excluding carboxylic acids is 1. The SMILES string of the molecule is O=C1OC(c2ccccc2)CN1Cc1ccc(-c2ccccc2)cc1. The quantitative estimate of drug-likeness (QED) is 0.670. The Bertz CT molecular complexity index is 844. The van der Waals surface area contributed by atoms with Crippen molar-refractivity contribution in [3.8, 4) is 11.1 Å². The molecule has 3 heteroatoms. The molecule has 0 aromatic heterocycles. The third kappa shape index (κ3) is 3.41. The van der Waals surface area contributed by atoms with Gasteiger partial charge in [-0.15, -0.1) is 0 Å². The van der Waals surface area contributed by atoms with Crippen LogP contribution < -0.4 is 0 Å². The van der Waals surface area contributed by atoms with Crippen LogP contribution in [0.3, 0.4) is 0 Å². The number of amides is 1. The van der Waals surface area contributed by atoms with E-state index in [0.29, 0.717) is 13.1 Å². The van der Waals surface area contributed by atoms with Crippen molar-refractivity contribution in [1.82, 2.24) is 4.90 Å². The minimum Gasteiger partial charge on any atom is -0.439 e. The highest BCUT2D eigenvalue weighted by atomic mass is 16.6. The molecule has 3 aromatic rings. The molecule has 1 heterocycles. The van der Waals surface area contributed by atoms with Crippen LogP contribution in [0.25, 0.3) is 11.1 Å². The number of benzene rings is 3. The summed E-state index contributed by atoms with van der Waals surface area (Å²) in [7, 11) is 0. The Hall–Kier alpha value is -3.07. The Morgan fingerprint density at radius 3 is 2.08 bits per heavy atom. The van der Waals surface area contributed by atoms with Gasteiger partial charge in [0.15, 0.2) is 0 Å². The summed E-state index contributed by atoms with van der Waals surface area (Å²) < 4.78 is 5.51. The summed E-state index contributed by atoms with van der Waals surface area (Å²) >= 11 is 0. The van der Waals surface area contributed by atoms with Gasteiger partial charge in [0, 0.05) is 6.54 Å². The zero-order valence-electron chi connectivity index (χ0n) is 13.8. The van der Waals surface area contributed by atoms with E-state index in [1.54, 1.807) is 4.90 Å². The number of carbonyl (C=O) groups is 1. The third-order valence-corrected chi connectivity index (χ3v) is 4.49. The van der Waals surface area contributed by atoms with E-state index < -0.39 is 0 Å². The molecule has 1 fully saturated rings. The first-order valence-electron chi connectivity index (χ1n) is 8.44. The van der Waals surface area contributed by atoms with Crippen molar-refractivity contribution in [1.29, 1.82) is 0 Å². The lowest BCUT2D eigenvalue weighted by atomic mass is 10.0. The molecule has 1 aliphatic heterocycles. The van der Waals surface area contributed by atoms with Gasteiger partial charge in [0.05, 0.1) is 6.54 Å². The minimum atomic E-state index is -0.249. The van der Waals surface area contributed by atoms with Crippen LogP contribution in [-0.4, -0.2) is 17.5 Å². The van der Waals surface area contributed by atoms with Crippen LogP contribution in [0.2, 0.25) is 0 Å². The van der Waals surface area contributed by atoms with Crippen LogP contribution in [0.1, 0.15) is 17.2 Å². The van der Waals surface area contributed by atoms with Crippen molar-refractivity contribution >= 4 is 6.09 Å². The molecule has 1 aliphatic rings. The molecule has 3 nitrogen and oxygen atoms in total.